The zero-order valence-corrected chi connectivity index (χ0v) is 13.5. The molecule has 3 rings (SSSR count). The molecule has 0 radical (unpaired) electrons. The number of hydrogen-bond acceptors (Lipinski definition) is 3. The van der Waals surface area contributed by atoms with Crippen LogP contribution in [0.3, 0.4) is 0 Å². The van der Waals surface area contributed by atoms with Gasteiger partial charge in [0.1, 0.15) is 0 Å². The first-order chi connectivity index (χ1) is 11.3. The van der Waals surface area contributed by atoms with Gasteiger partial charge < -0.3 is 10.7 Å². The number of amides is 1. The Morgan fingerprint density at radius 2 is 2.04 bits per heavy atom. The van der Waals surface area contributed by atoms with Crippen LogP contribution in [-0.4, -0.2) is 17.7 Å². The van der Waals surface area contributed by atoms with Crippen molar-refractivity contribution < 1.29 is 18.0 Å². The van der Waals surface area contributed by atoms with Gasteiger partial charge in [-0.15, -0.1) is 0 Å². The molecule has 4 nitrogen and oxygen atoms in total. The number of carbonyl (C=O) groups is 1. The fourth-order valence-corrected chi connectivity index (χ4v) is 3.39. The number of anilines is 1. The Hall–Kier alpha value is -1.76. The maximum atomic E-state index is 12.8. The predicted octanol–water partition coefficient (Wildman–Crippen LogP) is 4.21. The van der Waals surface area contributed by atoms with E-state index in [0.717, 1.165) is 37.5 Å². The Morgan fingerprint density at radius 1 is 1.33 bits per heavy atom. The first kappa shape index (κ1) is 17.1. The highest BCUT2D eigenvalue weighted by atomic mass is 35.5. The lowest BCUT2D eigenvalue weighted by molar-refractivity contribution is -0.137. The van der Waals surface area contributed by atoms with Crippen LogP contribution in [0, 0.1) is 5.92 Å². The second-order valence-electron chi connectivity index (χ2n) is 6.36. The Bertz CT molecular complexity index is 657. The Morgan fingerprint density at radius 3 is 2.62 bits per heavy atom. The summed E-state index contributed by atoms with van der Waals surface area (Å²) in [4.78, 5) is 12.4. The Kier molecular flexibility index (Phi) is 4.46. The number of rotatable bonds is 2. The summed E-state index contributed by atoms with van der Waals surface area (Å²) in [5, 5.41) is 6.68. The number of hydrogen-bond donors (Lipinski definition) is 2. The molecule has 0 atom stereocenters. The van der Waals surface area contributed by atoms with E-state index >= 15 is 0 Å². The molecule has 1 heterocycles. The van der Waals surface area contributed by atoms with Crippen LogP contribution in [0.5, 0.6) is 0 Å². The molecule has 0 aromatic heterocycles. The first-order valence-electron chi connectivity index (χ1n) is 7.75. The molecule has 1 amide bonds. The zero-order chi connectivity index (χ0) is 17.4. The number of alkyl halides is 3. The van der Waals surface area contributed by atoms with E-state index in [0.29, 0.717) is 12.8 Å². The minimum Gasteiger partial charge on any atom is -0.325 e. The molecule has 1 saturated carbocycles. The van der Waals surface area contributed by atoms with Crippen molar-refractivity contribution in [3.8, 4) is 0 Å². The van der Waals surface area contributed by atoms with Gasteiger partial charge >= 0.3 is 6.18 Å². The van der Waals surface area contributed by atoms with Crippen LogP contribution in [0.15, 0.2) is 23.3 Å². The molecule has 1 spiro atoms. The van der Waals surface area contributed by atoms with E-state index in [1.54, 1.807) is 0 Å². The van der Waals surface area contributed by atoms with Gasteiger partial charge in [0.25, 0.3) is 0 Å². The van der Waals surface area contributed by atoms with Crippen molar-refractivity contribution in [2.75, 3.05) is 5.32 Å². The monoisotopic (exact) mass is 359 g/mol. The number of carbonyl (C=O) groups excluding carboxylic acids is 1. The summed E-state index contributed by atoms with van der Waals surface area (Å²) in [5.74, 6) is -0.520. The normalized spacial score (nSPS) is 26.4. The summed E-state index contributed by atoms with van der Waals surface area (Å²) in [6.07, 6.45) is 1.15. The SMILES string of the molecule is O=C(Nc1cc(C(F)(F)F)ccc1Cl)C1CCC2(CC=NN2)CC1. The summed E-state index contributed by atoms with van der Waals surface area (Å²) >= 11 is 5.92. The molecule has 1 aliphatic carbocycles. The molecule has 0 bridgehead atoms. The summed E-state index contributed by atoms with van der Waals surface area (Å²) < 4.78 is 38.4. The highest BCUT2D eigenvalue weighted by Crippen LogP contribution is 2.37. The highest BCUT2D eigenvalue weighted by molar-refractivity contribution is 6.33. The van der Waals surface area contributed by atoms with E-state index in [4.69, 9.17) is 11.6 Å². The molecule has 0 unspecified atom stereocenters. The van der Waals surface area contributed by atoms with E-state index in [-0.39, 0.29) is 28.1 Å². The van der Waals surface area contributed by atoms with Crippen molar-refractivity contribution in [3.05, 3.63) is 28.8 Å². The molecule has 1 fully saturated rings. The van der Waals surface area contributed by atoms with Gasteiger partial charge in [-0.2, -0.15) is 18.3 Å². The molecule has 1 aromatic carbocycles. The van der Waals surface area contributed by atoms with Crippen LogP contribution in [0.1, 0.15) is 37.7 Å². The fraction of sp³-hybridized carbons (Fsp3) is 0.500. The van der Waals surface area contributed by atoms with Gasteiger partial charge in [0.15, 0.2) is 0 Å². The predicted molar refractivity (Wildman–Crippen MR) is 86.0 cm³/mol. The van der Waals surface area contributed by atoms with Gasteiger partial charge in [0.05, 0.1) is 21.8 Å². The van der Waals surface area contributed by atoms with Crippen LogP contribution in [0.4, 0.5) is 18.9 Å². The third kappa shape index (κ3) is 3.50. The van der Waals surface area contributed by atoms with Crippen LogP contribution < -0.4 is 10.7 Å². The van der Waals surface area contributed by atoms with Crippen molar-refractivity contribution in [1.82, 2.24) is 5.43 Å². The summed E-state index contributed by atoms with van der Waals surface area (Å²) in [6.45, 7) is 0. The molecular weight excluding hydrogens is 343 g/mol. The summed E-state index contributed by atoms with van der Waals surface area (Å²) in [7, 11) is 0. The lowest BCUT2D eigenvalue weighted by Gasteiger charge is -2.36. The van der Waals surface area contributed by atoms with E-state index < -0.39 is 11.7 Å². The molecule has 2 N–H and O–H groups in total. The van der Waals surface area contributed by atoms with Crippen LogP contribution in [-0.2, 0) is 11.0 Å². The average Bonchev–Trinajstić information content (AvgIpc) is 2.97. The molecule has 8 heteroatoms. The number of hydrazone groups is 1. The van der Waals surface area contributed by atoms with Crippen LogP contribution >= 0.6 is 11.6 Å². The van der Waals surface area contributed by atoms with E-state index in [1.165, 1.54) is 0 Å². The molecule has 130 valence electrons. The minimum absolute atomic E-state index is 0.000830. The standard InChI is InChI=1S/C16H17ClF3N3O/c17-12-2-1-11(16(18,19)20)9-13(12)22-14(24)10-3-5-15(6-4-10)7-8-21-23-15/h1-2,8-10,23H,3-7H2,(H,22,24). The highest BCUT2D eigenvalue weighted by Gasteiger charge is 2.38. The van der Waals surface area contributed by atoms with E-state index in [2.05, 4.69) is 15.8 Å². The van der Waals surface area contributed by atoms with Crippen LogP contribution in [0.2, 0.25) is 5.02 Å². The summed E-state index contributed by atoms with van der Waals surface area (Å²) in [6, 6.07) is 2.92. The van der Waals surface area contributed by atoms with Gasteiger partial charge in [-0.3, -0.25) is 4.79 Å². The van der Waals surface area contributed by atoms with Gasteiger partial charge in [-0.25, -0.2) is 0 Å². The molecular formula is C16H17ClF3N3O. The maximum absolute atomic E-state index is 12.8. The molecule has 1 aliphatic heterocycles. The Balaban J connectivity index is 1.65. The minimum atomic E-state index is -4.48. The molecule has 2 aliphatic rings. The van der Waals surface area contributed by atoms with E-state index in [1.807, 2.05) is 6.21 Å². The third-order valence-electron chi connectivity index (χ3n) is 4.74. The second-order valence-corrected chi connectivity index (χ2v) is 6.77. The summed E-state index contributed by atoms with van der Waals surface area (Å²) in [5.41, 5.74) is 2.22. The van der Waals surface area contributed by atoms with Gasteiger partial charge in [0, 0.05) is 18.6 Å². The first-order valence-corrected chi connectivity index (χ1v) is 8.13. The van der Waals surface area contributed by atoms with Crippen molar-refractivity contribution in [3.63, 3.8) is 0 Å². The average molecular weight is 360 g/mol. The largest absolute Gasteiger partial charge is 0.416 e. The second kappa shape index (κ2) is 6.27. The fourth-order valence-electron chi connectivity index (χ4n) is 3.23. The third-order valence-corrected chi connectivity index (χ3v) is 5.07. The van der Waals surface area contributed by atoms with Crippen molar-refractivity contribution >= 4 is 29.4 Å². The zero-order valence-electron chi connectivity index (χ0n) is 12.8. The van der Waals surface area contributed by atoms with Gasteiger partial charge in [-0.05, 0) is 43.9 Å². The molecule has 1 aromatic rings. The van der Waals surface area contributed by atoms with Crippen molar-refractivity contribution in [1.29, 1.82) is 0 Å². The van der Waals surface area contributed by atoms with Crippen LogP contribution in [0.25, 0.3) is 0 Å². The number of nitrogens with one attached hydrogen (secondary N) is 2. The van der Waals surface area contributed by atoms with Crippen molar-refractivity contribution in [2.24, 2.45) is 11.0 Å². The smallest absolute Gasteiger partial charge is 0.325 e. The quantitative estimate of drug-likeness (QED) is 0.831. The Labute approximate surface area is 142 Å². The number of halogens is 4. The lowest BCUT2D eigenvalue weighted by atomic mass is 9.75. The van der Waals surface area contributed by atoms with E-state index in [9.17, 15) is 18.0 Å². The molecule has 0 saturated heterocycles. The number of benzene rings is 1. The topological polar surface area (TPSA) is 53.5 Å². The van der Waals surface area contributed by atoms with Crippen molar-refractivity contribution in [2.45, 2.75) is 43.8 Å². The lowest BCUT2D eigenvalue weighted by Crippen LogP contribution is -2.44. The number of nitrogens with zero attached hydrogens (tertiary/aromatic N) is 1. The van der Waals surface area contributed by atoms with Gasteiger partial charge in [-0.1, -0.05) is 11.6 Å². The molecule has 24 heavy (non-hydrogen) atoms. The maximum Gasteiger partial charge on any atom is 0.416 e. The van der Waals surface area contributed by atoms with Gasteiger partial charge in [0.2, 0.25) is 5.91 Å².